The molecular formula is C21H18NNaO3. The molecule has 3 aromatic carbocycles. The fraction of sp³-hybridized carbons (Fsp3) is 0.0476. The van der Waals surface area contributed by atoms with Gasteiger partial charge in [0.1, 0.15) is 0 Å². The standard InChI is InChI=1S/C21H17NO3.Na.H/c23-20(22-18-12-10-16(11-13-18)21(24)25)19-9-5-4-8-17(19)14-15-6-2-1-3-7-15;;/h1-13H,14H2,(H,22,23)(H,24,25);;. The first-order valence-corrected chi connectivity index (χ1v) is 7.90. The van der Waals surface area contributed by atoms with Gasteiger partial charge in [-0.1, -0.05) is 48.5 Å². The van der Waals surface area contributed by atoms with E-state index >= 15 is 0 Å². The number of hydrogen-bond donors (Lipinski definition) is 2. The van der Waals surface area contributed by atoms with Crippen LogP contribution in [0.5, 0.6) is 0 Å². The van der Waals surface area contributed by atoms with Crippen molar-refractivity contribution in [3.05, 3.63) is 101 Å². The minimum atomic E-state index is -0.994. The summed E-state index contributed by atoms with van der Waals surface area (Å²) in [6.07, 6.45) is 0.669. The van der Waals surface area contributed by atoms with Crippen LogP contribution in [0.15, 0.2) is 78.9 Å². The van der Waals surface area contributed by atoms with E-state index in [0.29, 0.717) is 17.7 Å². The number of nitrogens with one attached hydrogen (secondary N) is 1. The zero-order valence-corrected chi connectivity index (χ0v) is 13.5. The van der Waals surface area contributed by atoms with E-state index in [2.05, 4.69) is 5.32 Å². The van der Waals surface area contributed by atoms with Crippen LogP contribution in [-0.4, -0.2) is 46.5 Å². The van der Waals surface area contributed by atoms with E-state index in [-0.39, 0.29) is 41.0 Å². The van der Waals surface area contributed by atoms with Crippen LogP contribution >= 0.6 is 0 Å². The molecule has 0 radical (unpaired) electrons. The maximum absolute atomic E-state index is 12.6. The number of benzene rings is 3. The first kappa shape index (κ1) is 19.9. The number of carboxylic acid groups (broad SMARTS) is 1. The van der Waals surface area contributed by atoms with Gasteiger partial charge in [0.25, 0.3) is 5.91 Å². The monoisotopic (exact) mass is 355 g/mol. The van der Waals surface area contributed by atoms with Crippen molar-refractivity contribution < 1.29 is 14.7 Å². The summed E-state index contributed by atoms with van der Waals surface area (Å²) < 4.78 is 0. The van der Waals surface area contributed by atoms with E-state index in [4.69, 9.17) is 5.11 Å². The van der Waals surface area contributed by atoms with E-state index in [1.165, 1.54) is 12.1 Å². The van der Waals surface area contributed by atoms with Crippen molar-refractivity contribution in [1.82, 2.24) is 0 Å². The normalized spacial score (nSPS) is 9.85. The molecule has 5 heteroatoms. The number of amides is 1. The second kappa shape index (κ2) is 9.34. The third kappa shape index (κ3) is 5.05. The van der Waals surface area contributed by atoms with Crippen LogP contribution in [0.2, 0.25) is 0 Å². The molecule has 0 spiro atoms. The molecule has 0 aromatic heterocycles. The average Bonchev–Trinajstić information content (AvgIpc) is 2.63. The molecule has 26 heavy (non-hydrogen) atoms. The number of carbonyl (C=O) groups is 2. The number of carbonyl (C=O) groups excluding carboxylic acids is 1. The fourth-order valence-corrected chi connectivity index (χ4v) is 2.61. The zero-order chi connectivity index (χ0) is 17.6. The number of carboxylic acids is 1. The first-order valence-electron chi connectivity index (χ1n) is 7.90. The molecule has 2 N–H and O–H groups in total. The van der Waals surface area contributed by atoms with Crippen LogP contribution in [0.1, 0.15) is 31.8 Å². The number of hydrogen-bond acceptors (Lipinski definition) is 2. The molecular weight excluding hydrogens is 337 g/mol. The van der Waals surface area contributed by atoms with Gasteiger partial charge in [0.05, 0.1) is 5.56 Å². The minimum absolute atomic E-state index is 0. The fourth-order valence-electron chi connectivity index (χ4n) is 2.61. The van der Waals surface area contributed by atoms with Crippen LogP contribution in [0.3, 0.4) is 0 Å². The quantitative estimate of drug-likeness (QED) is 0.688. The molecule has 126 valence electrons. The summed E-state index contributed by atoms with van der Waals surface area (Å²) in [5.74, 6) is -1.21. The topological polar surface area (TPSA) is 66.4 Å². The molecule has 0 aliphatic heterocycles. The Hall–Kier alpha value is -2.40. The molecule has 3 rings (SSSR count). The Morgan fingerprint density at radius 2 is 1.42 bits per heavy atom. The van der Waals surface area contributed by atoms with Gasteiger partial charge in [-0.2, -0.15) is 0 Å². The van der Waals surface area contributed by atoms with Crippen LogP contribution in [0.25, 0.3) is 0 Å². The molecule has 1 amide bonds. The summed E-state index contributed by atoms with van der Waals surface area (Å²) in [4.78, 5) is 23.5. The number of rotatable bonds is 5. The van der Waals surface area contributed by atoms with Gasteiger partial charge >= 0.3 is 35.5 Å². The molecule has 0 saturated carbocycles. The van der Waals surface area contributed by atoms with Crippen molar-refractivity contribution in [2.24, 2.45) is 0 Å². The van der Waals surface area contributed by atoms with E-state index in [0.717, 1.165) is 11.1 Å². The SMILES string of the molecule is O=C(O)c1ccc(NC(=O)c2ccccc2Cc2ccccc2)cc1.[NaH]. The summed E-state index contributed by atoms with van der Waals surface area (Å²) in [6, 6.07) is 23.5. The predicted molar refractivity (Wildman–Crippen MR) is 104 cm³/mol. The third-order valence-corrected chi connectivity index (χ3v) is 3.89. The number of anilines is 1. The zero-order valence-electron chi connectivity index (χ0n) is 13.5. The van der Waals surface area contributed by atoms with Gasteiger partial charge in [-0.15, -0.1) is 0 Å². The summed E-state index contributed by atoms with van der Waals surface area (Å²) in [5.41, 5.74) is 3.42. The number of aromatic carboxylic acids is 1. The molecule has 0 bridgehead atoms. The van der Waals surface area contributed by atoms with E-state index in [9.17, 15) is 9.59 Å². The molecule has 0 fully saturated rings. The van der Waals surface area contributed by atoms with E-state index in [1.54, 1.807) is 18.2 Å². The second-order valence-electron chi connectivity index (χ2n) is 5.66. The summed E-state index contributed by atoms with van der Waals surface area (Å²) in [5, 5.41) is 11.7. The molecule has 0 aliphatic rings. The molecule has 0 saturated heterocycles. The summed E-state index contributed by atoms with van der Waals surface area (Å²) in [7, 11) is 0. The predicted octanol–water partition coefficient (Wildman–Crippen LogP) is 3.58. The van der Waals surface area contributed by atoms with Crippen LogP contribution in [-0.2, 0) is 6.42 Å². The second-order valence-corrected chi connectivity index (χ2v) is 5.66. The Kier molecular flexibility index (Phi) is 7.16. The van der Waals surface area contributed by atoms with Gasteiger partial charge in [-0.25, -0.2) is 4.79 Å². The van der Waals surface area contributed by atoms with Crippen molar-refractivity contribution in [1.29, 1.82) is 0 Å². The van der Waals surface area contributed by atoms with Crippen molar-refractivity contribution in [3.8, 4) is 0 Å². The molecule has 3 aromatic rings. The van der Waals surface area contributed by atoms with E-state index < -0.39 is 5.97 Å². The van der Waals surface area contributed by atoms with Gasteiger partial charge < -0.3 is 10.4 Å². The van der Waals surface area contributed by atoms with Crippen molar-refractivity contribution in [2.75, 3.05) is 5.32 Å². The molecule has 0 aliphatic carbocycles. The first-order chi connectivity index (χ1) is 12.1. The van der Waals surface area contributed by atoms with Gasteiger partial charge in [-0.05, 0) is 47.9 Å². The Morgan fingerprint density at radius 3 is 2.08 bits per heavy atom. The van der Waals surface area contributed by atoms with Crippen molar-refractivity contribution >= 4 is 47.1 Å². The Bertz CT molecular complexity index is 893. The maximum atomic E-state index is 12.6. The van der Waals surface area contributed by atoms with Crippen LogP contribution in [0.4, 0.5) is 5.69 Å². The van der Waals surface area contributed by atoms with Gasteiger partial charge in [-0.3, -0.25) is 4.79 Å². The summed E-state index contributed by atoms with van der Waals surface area (Å²) in [6.45, 7) is 0. The van der Waals surface area contributed by atoms with Crippen molar-refractivity contribution in [3.63, 3.8) is 0 Å². The van der Waals surface area contributed by atoms with Gasteiger partial charge in [0.15, 0.2) is 0 Å². The van der Waals surface area contributed by atoms with Crippen LogP contribution < -0.4 is 5.32 Å². The Morgan fingerprint density at radius 1 is 0.808 bits per heavy atom. The van der Waals surface area contributed by atoms with Crippen LogP contribution in [0, 0.1) is 0 Å². The molecule has 0 heterocycles. The molecule has 4 nitrogen and oxygen atoms in total. The summed E-state index contributed by atoms with van der Waals surface area (Å²) >= 11 is 0. The van der Waals surface area contributed by atoms with Gasteiger partial charge in [0.2, 0.25) is 0 Å². The van der Waals surface area contributed by atoms with Gasteiger partial charge in [0, 0.05) is 11.3 Å². The average molecular weight is 355 g/mol. The van der Waals surface area contributed by atoms with Crippen molar-refractivity contribution in [2.45, 2.75) is 6.42 Å². The molecule has 0 unspecified atom stereocenters. The third-order valence-electron chi connectivity index (χ3n) is 3.89. The Balaban J connectivity index is 0.00000243. The Labute approximate surface area is 174 Å². The van der Waals surface area contributed by atoms with E-state index in [1.807, 2.05) is 48.5 Å². The molecule has 0 atom stereocenters.